The maximum atomic E-state index is 13.4. The second-order valence-corrected chi connectivity index (χ2v) is 6.63. The van der Waals surface area contributed by atoms with Gasteiger partial charge in [-0.25, -0.2) is 9.97 Å². The highest BCUT2D eigenvalue weighted by Crippen LogP contribution is 2.38. The summed E-state index contributed by atoms with van der Waals surface area (Å²) in [5, 5.41) is 0.0127. The van der Waals surface area contributed by atoms with Gasteiger partial charge < -0.3 is 4.98 Å². The van der Waals surface area contributed by atoms with E-state index in [9.17, 15) is 18.0 Å². The van der Waals surface area contributed by atoms with Crippen LogP contribution in [0.25, 0.3) is 22.3 Å². The highest BCUT2D eigenvalue weighted by atomic mass is 19.4. The van der Waals surface area contributed by atoms with Crippen LogP contribution < -0.4 is 4.90 Å². The molecule has 0 bridgehead atoms. The molecule has 4 rings (SSSR count). The number of amides is 1. The maximum absolute atomic E-state index is 13.4. The summed E-state index contributed by atoms with van der Waals surface area (Å²) in [6.45, 7) is 1.98. The third kappa shape index (κ3) is 3.15. The van der Waals surface area contributed by atoms with Gasteiger partial charge in [0.25, 0.3) is 0 Å². The van der Waals surface area contributed by atoms with Gasteiger partial charge in [-0.1, -0.05) is 6.07 Å². The second kappa shape index (κ2) is 6.37. The topological polar surface area (TPSA) is 61.9 Å². The Morgan fingerprint density at radius 2 is 2.04 bits per heavy atom. The van der Waals surface area contributed by atoms with E-state index in [2.05, 4.69) is 15.0 Å². The SMILES string of the molecule is Cc1[nH]c2ncc(-c3cccc(N4CCCCC4=O)n3)cc2c1C(F)(F)F. The summed E-state index contributed by atoms with van der Waals surface area (Å²) >= 11 is 0. The molecule has 0 saturated carbocycles. The van der Waals surface area contributed by atoms with Gasteiger partial charge in [0.1, 0.15) is 11.5 Å². The minimum absolute atomic E-state index is 0.0127. The van der Waals surface area contributed by atoms with Crippen molar-refractivity contribution in [1.82, 2.24) is 15.0 Å². The molecule has 0 aromatic carbocycles. The molecule has 27 heavy (non-hydrogen) atoms. The Morgan fingerprint density at radius 3 is 2.78 bits per heavy atom. The smallest absolute Gasteiger partial charge is 0.343 e. The number of alkyl halides is 3. The van der Waals surface area contributed by atoms with Crippen LogP contribution in [0, 0.1) is 6.92 Å². The van der Waals surface area contributed by atoms with Crippen molar-refractivity contribution < 1.29 is 18.0 Å². The van der Waals surface area contributed by atoms with Gasteiger partial charge in [-0.2, -0.15) is 13.2 Å². The molecule has 3 aromatic rings. The van der Waals surface area contributed by atoms with Crippen LogP contribution in [0.15, 0.2) is 30.5 Å². The number of piperidine rings is 1. The van der Waals surface area contributed by atoms with E-state index in [4.69, 9.17) is 0 Å². The Labute approximate surface area is 153 Å². The number of hydrogen-bond acceptors (Lipinski definition) is 3. The Morgan fingerprint density at radius 1 is 1.22 bits per heavy atom. The van der Waals surface area contributed by atoms with Crippen LogP contribution in [0.3, 0.4) is 0 Å². The molecule has 0 aliphatic carbocycles. The molecule has 8 heteroatoms. The minimum Gasteiger partial charge on any atom is -0.343 e. The molecule has 1 fully saturated rings. The molecule has 3 aromatic heterocycles. The van der Waals surface area contributed by atoms with E-state index >= 15 is 0 Å². The molecular formula is C19H17F3N4O. The molecule has 1 saturated heterocycles. The van der Waals surface area contributed by atoms with E-state index in [1.165, 1.54) is 19.2 Å². The molecular weight excluding hydrogens is 357 g/mol. The average Bonchev–Trinajstić information content (AvgIpc) is 2.97. The number of fused-ring (bicyclic) bond motifs is 1. The van der Waals surface area contributed by atoms with E-state index < -0.39 is 11.7 Å². The summed E-state index contributed by atoms with van der Waals surface area (Å²) in [6, 6.07) is 6.63. The number of H-pyrrole nitrogens is 1. The van der Waals surface area contributed by atoms with Crippen molar-refractivity contribution in [2.75, 3.05) is 11.4 Å². The highest BCUT2D eigenvalue weighted by molar-refractivity contribution is 5.93. The zero-order chi connectivity index (χ0) is 19.2. The molecule has 1 amide bonds. The third-order valence-electron chi connectivity index (χ3n) is 4.75. The lowest BCUT2D eigenvalue weighted by molar-refractivity contribution is -0.136. The first-order chi connectivity index (χ1) is 12.8. The van der Waals surface area contributed by atoms with Crippen LogP contribution in [-0.2, 0) is 11.0 Å². The Bertz CT molecular complexity index is 1030. The van der Waals surface area contributed by atoms with Crippen LogP contribution >= 0.6 is 0 Å². The van der Waals surface area contributed by atoms with E-state index in [1.807, 2.05) is 0 Å². The number of rotatable bonds is 2. The van der Waals surface area contributed by atoms with Gasteiger partial charge in [0.2, 0.25) is 5.91 Å². The summed E-state index contributed by atoms with van der Waals surface area (Å²) in [5.74, 6) is 0.527. The molecule has 4 heterocycles. The minimum atomic E-state index is -4.47. The van der Waals surface area contributed by atoms with E-state index in [0.29, 0.717) is 30.0 Å². The number of carbonyl (C=O) groups is 1. The number of halogens is 3. The van der Waals surface area contributed by atoms with Crippen molar-refractivity contribution in [2.45, 2.75) is 32.4 Å². The number of aromatic amines is 1. The van der Waals surface area contributed by atoms with E-state index in [0.717, 1.165) is 12.8 Å². The third-order valence-corrected chi connectivity index (χ3v) is 4.75. The number of anilines is 1. The molecule has 0 atom stereocenters. The number of hydrogen-bond donors (Lipinski definition) is 1. The summed E-state index contributed by atoms with van der Waals surface area (Å²) in [6.07, 6.45) is -0.733. The molecule has 0 radical (unpaired) electrons. The first kappa shape index (κ1) is 17.5. The second-order valence-electron chi connectivity index (χ2n) is 6.63. The number of nitrogens with one attached hydrogen (secondary N) is 1. The molecule has 140 valence electrons. The number of carbonyl (C=O) groups excluding carboxylic acids is 1. The predicted octanol–water partition coefficient (Wildman–Crippen LogP) is 4.47. The molecule has 1 N–H and O–H groups in total. The van der Waals surface area contributed by atoms with Gasteiger partial charge in [-0.05, 0) is 38.0 Å². The van der Waals surface area contributed by atoms with Crippen molar-refractivity contribution in [3.63, 3.8) is 0 Å². The first-order valence-electron chi connectivity index (χ1n) is 8.68. The summed E-state index contributed by atoms with van der Waals surface area (Å²) < 4.78 is 40.2. The molecule has 0 unspecified atom stereocenters. The van der Waals surface area contributed by atoms with Crippen LogP contribution in [-0.4, -0.2) is 27.4 Å². The van der Waals surface area contributed by atoms with Gasteiger partial charge in [-0.3, -0.25) is 9.69 Å². The van der Waals surface area contributed by atoms with E-state index in [-0.39, 0.29) is 22.6 Å². The number of pyridine rings is 2. The van der Waals surface area contributed by atoms with Crippen LogP contribution in [0.5, 0.6) is 0 Å². The largest absolute Gasteiger partial charge is 0.418 e. The average molecular weight is 374 g/mol. The Hall–Kier alpha value is -2.90. The van der Waals surface area contributed by atoms with Crippen molar-refractivity contribution >= 4 is 22.8 Å². The predicted molar refractivity (Wildman–Crippen MR) is 95.3 cm³/mol. The maximum Gasteiger partial charge on any atom is 0.418 e. The van der Waals surface area contributed by atoms with Gasteiger partial charge in [0.05, 0.1) is 11.3 Å². The number of aromatic nitrogens is 3. The highest BCUT2D eigenvalue weighted by Gasteiger charge is 2.36. The summed E-state index contributed by atoms with van der Waals surface area (Å²) in [5.41, 5.74) is 0.452. The molecule has 0 spiro atoms. The van der Waals surface area contributed by atoms with Gasteiger partial charge in [-0.15, -0.1) is 0 Å². The monoisotopic (exact) mass is 374 g/mol. The van der Waals surface area contributed by atoms with Gasteiger partial charge in [0.15, 0.2) is 0 Å². The van der Waals surface area contributed by atoms with Crippen molar-refractivity contribution in [3.8, 4) is 11.3 Å². The lowest BCUT2D eigenvalue weighted by Crippen LogP contribution is -2.35. The van der Waals surface area contributed by atoms with Gasteiger partial charge in [0, 0.05) is 35.8 Å². The fourth-order valence-electron chi connectivity index (χ4n) is 3.48. The Balaban J connectivity index is 1.79. The van der Waals surface area contributed by atoms with Gasteiger partial charge >= 0.3 is 6.18 Å². The van der Waals surface area contributed by atoms with Crippen LogP contribution in [0.2, 0.25) is 0 Å². The normalized spacial score (nSPS) is 15.6. The zero-order valence-corrected chi connectivity index (χ0v) is 14.6. The lowest BCUT2D eigenvalue weighted by atomic mass is 10.1. The Kier molecular flexibility index (Phi) is 4.13. The number of aryl methyl sites for hydroxylation is 1. The van der Waals surface area contributed by atoms with Crippen molar-refractivity contribution in [2.24, 2.45) is 0 Å². The van der Waals surface area contributed by atoms with Crippen molar-refractivity contribution in [1.29, 1.82) is 0 Å². The summed E-state index contributed by atoms with van der Waals surface area (Å²) in [4.78, 5) is 25.1. The van der Waals surface area contributed by atoms with Crippen molar-refractivity contribution in [3.05, 3.63) is 41.7 Å². The molecule has 1 aliphatic heterocycles. The molecule has 5 nitrogen and oxygen atoms in total. The fourth-order valence-corrected chi connectivity index (χ4v) is 3.48. The summed E-state index contributed by atoms with van der Waals surface area (Å²) in [7, 11) is 0. The zero-order valence-electron chi connectivity index (χ0n) is 14.6. The lowest BCUT2D eigenvalue weighted by Gasteiger charge is -2.26. The van der Waals surface area contributed by atoms with Crippen LogP contribution in [0.1, 0.15) is 30.5 Å². The molecule has 1 aliphatic rings. The first-order valence-corrected chi connectivity index (χ1v) is 8.68. The van der Waals surface area contributed by atoms with E-state index in [1.54, 1.807) is 23.1 Å². The quantitative estimate of drug-likeness (QED) is 0.720. The fraction of sp³-hybridized carbons (Fsp3) is 0.316. The van der Waals surface area contributed by atoms with Crippen LogP contribution in [0.4, 0.5) is 19.0 Å². The number of nitrogens with zero attached hydrogens (tertiary/aromatic N) is 3. The standard InChI is InChI=1S/C19H17F3N4O/c1-11-17(19(20,21)22)13-9-12(10-23-18(13)24-11)14-5-4-6-15(25-14)26-8-3-2-7-16(26)27/h4-6,9-10H,2-3,7-8H2,1H3,(H,23,24).